The number of aromatic amines is 2. The van der Waals surface area contributed by atoms with Crippen LogP contribution in [-0.2, 0) is 28.8 Å². The van der Waals surface area contributed by atoms with Gasteiger partial charge in [0.2, 0.25) is 5.91 Å². The van der Waals surface area contributed by atoms with Gasteiger partial charge in [0.1, 0.15) is 5.69 Å². The van der Waals surface area contributed by atoms with Crippen molar-refractivity contribution in [2.24, 2.45) is 11.3 Å². The van der Waals surface area contributed by atoms with E-state index in [0.717, 1.165) is 72.1 Å². The molecule has 3 heterocycles. The van der Waals surface area contributed by atoms with Crippen LogP contribution in [-0.4, -0.2) is 70.4 Å². The summed E-state index contributed by atoms with van der Waals surface area (Å²) in [5, 5.41) is 7.96. The van der Waals surface area contributed by atoms with Crippen LogP contribution in [0.2, 0.25) is 0 Å². The SMILES string of the molecule is CCc1cc(N(C)C(=O)C(C)N2CCOCC2)cc2[nH]c(-c3n[nH]c4c3C[C@@H]3C[C@]3(C)C4)nc12. The van der Waals surface area contributed by atoms with E-state index in [0.29, 0.717) is 18.6 Å². The van der Waals surface area contributed by atoms with E-state index in [2.05, 4.69) is 40.0 Å². The van der Waals surface area contributed by atoms with Crippen LogP contribution < -0.4 is 4.90 Å². The van der Waals surface area contributed by atoms with Crippen LogP contribution in [0.4, 0.5) is 5.69 Å². The average molecular weight is 463 g/mol. The molecule has 8 nitrogen and oxygen atoms in total. The third kappa shape index (κ3) is 3.46. The van der Waals surface area contributed by atoms with Crippen molar-refractivity contribution in [3.8, 4) is 11.5 Å². The van der Waals surface area contributed by atoms with Crippen molar-refractivity contribution in [3.63, 3.8) is 0 Å². The summed E-state index contributed by atoms with van der Waals surface area (Å²) < 4.78 is 5.45. The molecule has 3 atom stereocenters. The Balaban J connectivity index is 1.32. The lowest BCUT2D eigenvalue weighted by Crippen LogP contribution is -2.50. The molecule has 1 unspecified atom stereocenters. The highest BCUT2D eigenvalue weighted by atomic mass is 16.5. The summed E-state index contributed by atoms with van der Waals surface area (Å²) in [7, 11) is 1.87. The first-order valence-electron chi connectivity index (χ1n) is 12.6. The first kappa shape index (κ1) is 21.8. The molecule has 0 bridgehead atoms. The molecule has 1 amide bonds. The Hall–Kier alpha value is -2.71. The predicted octanol–water partition coefficient (Wildman–Crippen LogP) is 3.32. The largest absolute Gasteiger partial charge is 0.379 e. The van der Waals surface area contributed by atoms with Gasteiger partial charge in [0, 0.05) is 37.1 Å². The van der Waals surface area contributed by atoms with Crippen molar-refractivity contribution in [2.45, 2.75) is 52.5 Å². The Bertz CT molecular complexity index is 1260. The van der Waals surface area contributed by atoms with Crippen LogP contribution in [0.1, 0.15) is 44.0 Å². The second-order valence-corrected chi connectivity index (χ2v) is 10.6. The standard InChI is InChI=1S/C26H34N6O2/c1-5-16-10-18(31(4)25(33)15(2)32-6-8-34-9-7-32)12-20-22(16)28-24(27-20)23-19-11-17-13-26(17,3)14-21(19)29-30-23/h10,12,15,17H,5-9,11,13-14H2,1-4H3,(H,27,28)(H,29,30)/t15?,17-,26-/m1/s1. The number of carbonyl (C=O) groups is 1. The molecule has 3 aliphatic rings. The fourth-order valence-electron chi connectivity index (χ4n) is 5.93. The molecular formula is C26H34N6O2. The number of amides is 1. The molecule has 2 aromatic heterocycles. The highest BCUT2D eigenvalue weighted by Gasteiger charge is 2.53. The topological polar surface area (TPSA) is 90.1 Å². The number of ether oxygens (including phenoxy) is 1. The lowest BCUT2D eigenvalue weighted by molar-refractivity contribution is -0.124. The predicted molar refractivity (Wildman–Crippen MR) is 132 cm³/mol. The molecule has 2 aliphatic carbocycles. The van der Waals surface area contributed by atoms with Gasteiger partial charge >= 0.3 is 0 Å². The number of H-pyrrole nitrogens is 2. The Kier molecular flexibility index (Phi) is 5.08. The number of carbonyl (C=O) groups excluding carboxylic acids is 1. The lowest BCUT2D eigenvalue weighted by atomic mass is 9.88. The van der Waals surface area contributed by atoms with Gasteiger partial charge in [0.25, 0.3) is 0 Å². The second kappa shape index (κ2) is 7.92. The summed E-state index contributed by atoms with van der Waals surface area (Å²) in [6, 6.07) is 3.97. The maximum Gasteiger partial charge on any atom is 0.243 e. The Morgan fingerprint density at radius 1 is 1.35 bits per heavy atom. The van der Waals surface area contributed by atoms with Crippen LogP contribution in [0.25, 0.3) is 22.6 Å². The van der Waals surface area contributed by atoms with Crippen molar-refractivity contribution in [2.75, 3.05) is 38.3 Å². The van der Waals surface area contributed by atoms with Gasteiger partial charge in [-0.25, -0.2) is 4.98 Å². The first-order valence-corrected chi connectivity index (χ1v) is 12.6. The van der Waals surface area contributed by atoms with E-state index < -0.39 is 0 Å². The number of morpholine rings is 1. The van der Waals surface area contributed by atoms with Gasteiger partial charge in [-0.05, 0) is 61.6 Å². The van der Waals surface area contributed by atoms with Gasteiger partial charge in [-0.2, -0.15) is 5.10 Å². The molecular weight excluding hydrogens is 428 g/mol. The fourth-order valence-corrected chi connectivity index (χ4v) is 5.93. The number of fused-ring (bicyclic) bond motifs is 3. The minimum atomic E-state index is -0.185. The van der Waals surface area contributed by atoms with E-state index in [1.54, 1.807) is 4.90 Å². The number of imidazole rings is 1. The molecule has 0 spiro atoms. The quantitative estimate of drug-likeness (QED) is 0.607. The molecule has 8 heteroatoms. The van der Waals surface area contributed by atoms with Gasteiger partial charge in [-0.1, -0.05) is 13.8 Å². The van der Waals surface area contributed by atoms with Crippen molar-refractivity contribution in [3.05, 3.63) is 29.0 Å². The van der Waals surface area contributed by atoms with Gasteiger partial charge in [-0.15, -0.1) is 0 Å². The summed E-state index contributed by atoms with van der Waals surface area (Å²) >= 11 is 0. The summed E-state index contributed by atoms with van der Waals surface area (Å²) in [6.07, 6.45) is 4.31. The van der Waals surface area contributed by atoms with Crippen LogP contribution in [0.3, 0.4) is 0 Å². The molecule has 2 N–H and O–H groups in total. The Morgan fingerprint density at radius 2 is 2.15 bits per heavy atom. The van der Waals surface area contributed by atoms with Gasteiger partial charge in [0.15, 0.2) is 5.82 Å². The van der Waals surface area contributed by atoms with E-state index in [4.69, 9.17) is 9.72 Å². The number of nitrogens with one attached hydrogen (secondary N) is 2. The number of nitrogens with zero attached hydrogens (tertiary/aromatic N) is 4. The zero-order valence-electron chi connectivity index (χ0n) is 20.6. The number of hydrogen-bond acceptors (Lipinski definition) is 5. The monoisotopic (exact) mass is 462 g/mol. The highest BCUT2D eigenvalue weighted by Crippen LogP contribution is 2.59. The number of anilines is 1. The third-order valence-corrected chi connectivity index (χ3v) is 8.45. The summed E-state index contributed by atoms with van der Waals surface area (Å²) in [5.74, 6) is 1.68. The molecule has 180 valence electrons. The van der Waals surface area contributed by atoms with E-state index in [9.17, 15) is 4.79 Å². The summed E-state index contributed by atoms with van der Waals surface area (Å²) in [4.78, 5) is 25.8. The van der Waals surface area contributed by atoms with Gasteiger partial charge in [-0.3, -0.25) is 14.8 Å². The molecule has 1 aromatic carbocycles. The highest BCUT2D eigenvalue weighted by molar-refractivity contribution is 5.98. The van der Waals surface area contributed by atoms with Crippen molar-refractivity contribution in [1.82, 2.24) is 25.1 Å². The molecule has 34 heavy (non-hydrogen) atoms. The zero-order chi connectivity index (χ0) is 23.6. The van der Waals surface area contributed by atoms with E-state index in [1.807, 2.05) is 20.0 Å². The third-order valence-electron chi connectivity index (χ3n) is 8.45. The molecule has 3 aromatic rings. The Labute approximate surface area is 200 Å². The minimum absolute atomic E-state index is 0.0943. The zero-order valence-corrected chi connectivity index (χ0v) is 20.6. The van der Waals surface area contributed by atoms with Crippen LogP contribution in [0, 0.1) is 11.3 Å². The van der Waals surface area contributed by atoms with E-state index in [1.165, 1.54) is 17.7 Å². The average Bonchev–Trinajstić information content (AvgIpc) is 3.15. The molecule has 0 radical (unpaired) electrons. The molecule has 1 saturated carbocycles. The van der Waals surface area contributed by atoms with Crippen LogP contribution in [0.5, 0.6) is 0 Å². The maximum absolute atomic E-state index is 13.3. The first-order chi connectivity index (χ1) is 16.4. The number of aromatic nitrogens is 4. The molecule has 1 aliphatic heterocycles. The normalized spacial score (nSPS) is 25.1. The molecule has 1 saturated heterocycles. The summed E-state index contributed by atoms with van der Waals surface area (Å²) in [5.41, 5.74) is 7.95. The molecule has 6 rings (SSSR count). The fraction of sp³-hybridized carbons (Fsp3) is 0.577. The Morgan fingerprint density at radius 3 is 2.91 bits per heavy atom. The lowest BCUT2D eigenvalue weighted by Gasteiger charge is -2.33. The second-order valence-electron chi connectivity index (χ2n) is 10.6. The number of rotatable bonds is 5. The molecule has 2 fully saturated rings. The van der Waals surface area contributed by atoms with Crippen molar-refractivity contribution in [1.29, 1.82) is 0 Å². The maximum atomic E-state index is 13.3. The number of aryl methyl sites for hydroxylation is 1. The van der Waals surface area contributed by atoms with Crippen LogP contribution in [0.15, 0.2) is 12.1 Å². The van der Waals surface area contributed by atoms with Crippen molar-refractivity contribution >= 4 is 22.6 Å². The van der Waals surface area contributed by atoms with Gasteiger partial charge < -0.3 is 14.6 Å². The minimum Gasteiger partial charge on any atom is -0.379 e. The van der Waals surface area contributed by atoms with Crippen molar-refractivity contribution < 1.29 is 9.53 Å². The van der Waals surface area contributed by atoms with E-state index in [-0.39, 0.29) is 11.9 Å². The number of benzene rings is 1. The number of likely N-dealkylation sites (N-methyl/N-ethyl adjacent to an activating group) is 1. The van der Waals surface area contributed by atoms with Gasteiger partial charge in [0.05, 0.1) is 30.3 Å². The van der Waals surface area contributed by atoms with E-state index >= 15 is 0 Å². The summed E-state index contributed by atoms with van der Waals surface area (Å²) in [6.45, 7) is 9.45. The smallest absolute Gasteiger partial charge is 0.243 e. The number of hydrogen-bond donors (Lipinski definition) is 2. The van der Waals surface area contributed by atoms with Crippen LogP contribution >= 0.6 is 0 Å².